The van der Waals surface area contributed by atoms with Crippen LogP contribution in [0.3, 0.4) is 0 Å². The van der Waals surface area contributed by atoms with Gasteiger partial charge in [-0.1, -0.05) is 78.3 Å². The zero-order valence-electron chi connectivity index (χ0n) is 20.1. The Balaban J connectivity index is 1.67. The minimum absolute atomic E-state index is 0.0911. The third kappa shape index (κ3) is 4.34. The Bertz CT molecular complexity index is 1620. The van der Waals surface area contributed by atoms with Crippen LogP contribution >= 0.6 is 15.9 Å². The van der Waals surface area contributed by atoms with E-state index in [1.807, 2.05) is 36.5 Å². The first-order valence-corrected chi connectivity index (χ1v) is 12.7. The molecule has 5 nitrogen and oxygen atoms in total. The van der Waals surface area contributed by atoms with Crippen LogP contribution in [0, 0.1) is 6.92 Å². The highest BCUT2D eigenvalue weighted by atomic mass is 79.9. The molecule has 0 fully saturated rings. The van der Waals surface area contributed by atoms with E-state index in [0.29, 0.717) is 16.7 Å². The van der Waals surface area contributed by atoms with Gasteiger partial charge in [-0.3, -0.25) is 4.79 Å². The second-order valence-electron chi connectivity index (χ2n) is 8.89. The van der Waals surface area contributed by atoms with Gasteiger partial charge in [0.1, 0.15) is 5.82 Å². The van der Waals surface area contributed by atoms with Crippen LogP contribution in [0.2, 0.25) is 0 Å². The molecular weight excluding hydrogens is 500 g/mol. The molecule has 5 aromatic rings. The normalized spacial score (nSPS) is 12.7. The third-order valence-electron chi connectivity index (χ3n) is 6.65. The summed E-state index contributed by atoms with van der Waals surface area (Å²) in [5.41, 5.74) is 5.02. The number of hydrogen-bond acceptors (Lipinski definition) is 3. The minimum Gasteiger partial charge on any atom is -0.340 e. The molecule has 5 rings (SSSR count). The summed E-state index contributed by atoms with van der Waals surface area (Å²) in [7, 11) is 0. The molecule has 0 aliphatic heterocycles. The molecule has 6 heteroatoms. The lowest BCUT2D eigenvalue weighted by Crippen LogP contribution is -2.23. The maximum absolute atomic E-state index is 13.5. The van der Waals surface area contributed by atoms with Crippen LogP contribution in [-0.2, 0) is 6.54 Å². The highest BCUT2D eigenvalue weighted by Gasteiger charge is 2.17. The number of benzene rings is 3. The summed E-state index contributed by atoms with van der Waals surface area (Å²) in [6, 6.07) is 24.4. The van der Waals surface area contributed by atoms with Crippen LogP contribution in [0.4, 0.5) is 0 Å². The second kappa shape index (κ2) is 9.62. The van der Waals surface area contributed by atoms with E-state index in [1.54, 1.807) is 0 Å². The summed E-state index contributed by atoms with van der Waals surface area (Å²) in [6.45, 7) is 7.05. The zero-order valence-corrected chi connectivity index (χ0v) is 21.7. The molecule has 0 radical (unpaired) electrons. The smallest absolute Gasteiger partial charge is 0.282 e. The van der Waals surface area contributed by atoms with Gasteiger partial charge in [0, 0.05) is 39.1 Å². The van der Waals surface area contributed by atoms with E-state index in [4.69, 9.17) is 10.1 Å². The molecular formula is C29H27BrN4O. The van der Waals surface area contributed by atoms with Crippen molar-refractivity contribution in [1.29, 1.82) is 0 Å². The summed E-state index contributed by atoms with van der Waals surface area (Å²) in [6.07, 6.45) is 2.68. The number of halogens is 1. The van der Waals surface area contributed by atoms with Gasteiger partial charge >= 0.3 is 0 Å². The van der Waals surface area contributed by atoms with Crippen molar-refractivity contribution in [3.05, 3.63) is 110 Å². The molecule has 0 aliphatic carbocycles. The van der Waals surface area contributed by atoms with Crippen molar-refractivity contribution in [2.45, 2.75) is 39.7 Å². The summed E-state index contributed by atoms with van der Waals surface area (Å²) in [5, 5.41) is 6.40. The standard InChI is InChI=1S/C29H27BrN4O/c1-4-19(2)28-32-26-15-14-22(30)16-24(26)29(35)34(28)31-17-25-20(3)33(18-21-10-6-5-7-11-21)27-13-9-8-12-23(25)27/h5-17,19H,4,18H2,1-3H3/t19-/m0/s1. The van der Waals surface area contributed by atoms with Crippen molar-refractivity contribution in [3.8, 4) is 0 Å². The van der Waals surface area contributed by atoms with Gasteiger partial charge in [-0.15, -0.1) is 0 Å². The van der Waals surface area contributed by atoms with E-state index >= 15 is 0 Å². The monoisotopic (exact) mass is 526 g/mol. The van der Waals surface area contributed by atoms with Crippen LogP contribution in [0.15, 0.2) is 87.2 Å². The van der Waals surface area contributed by atoms with Crippen molar-refractivity contribution < 1.29 is 0 Å². The molecule has 3 aromatic carbocycles. The van der Waals surface area contributed by atoms with Crippen LogP contribution in [-0.4, -0.2) is 20.4 Å². The van der Waals surface area contributed by atoms with Crippen molar-refractivity contribution in [2.75, 3.05) is 0 Å². The first-order chi connectivity index (χ1) is 17.0. The largest absolute Gasteiger partial charge is 0.340 e. The van der Waals surface area contributed by atoms with Crippen LogP contribution in [0.1, 0.15) is 48.8 Å². The number of fused-ring (bicyclic) bond motifs is 2. The number of aromatic nitrogens is 3. The Hall–Kier alpha value is -3.51. The number of rotatable bonds is 6. The first kappa shape index (κ1) is 23.2. The Morgan fingerprint density at radius 1 is 1.03 bits per heavy atom. The fourth-order valence-electron chi connectivity index (χ4n) is 4.48. The van der Waals surface area contributed by atoms with Gasteiger partial charge in [0.2, 0.25) is 0 Å². The van der Waals surface area contributed by atoms with Crippen molar-refractivity contribution in [2.24, 2.45) is 5.10 Å². The maximum atomic E-state index is 13.5. The maximum Gasteiger partial charge on any atom is 0.282 e. The minimum atomic E-state index is -0.159. The first-order valence-electron chi connectivity index (χ1n) is 11.9. The molecule has 0 unspecified atom stereocenters. The molecule has 35 heavy (non-hydrogen) atoms. The van der Waals surface area contributed by atoms with Crippen LogP contribution in [0.25, 0.3) is 21.8 Å². The lowest BCUT2D eigenvalue weighted by atomic mass is 10.1. The highest BCUT2D eigenvalue weighted by molar-refractivity contribution is 9.10. The molecule has 0 aliphatic rings. The lowest BCUT2D eigenvalue weighted by molar-refractivity contribution is 0.613. The molecule has 2 heterocycles. The topological polar surface area (TPSA) is 52.2 Å². The quantitative estimate of drug-likeness (QED) is 0.227. The predicted octanol–water partition coefficient (Wildman–Crippen LogP) is 6.87. The van der Waals surface area contributed by atoms with Gasteiger partial charge in [-0.2, -0.15) is 9.78 Å². The number of para-hydroxylation sites is 1. The van der Waals surface area contributed by atoms with E-state index in [1.165, 1.54) is 10.2 Å². The van der Waals surface area contributed by atoms with Gasteiger partial charge in [0.25, 0.3) is 5.56 Å². The van der Waals surface area contributed by atoms with Gasteiger partial charge < -0.3 is 4.57 Å². The molecule has 0 saturated carbocycles. The van der Waals surface area contributed by atoms with Crippen molar-refractivity contribution >= 4 is 44.0 Å². The van der Waals surface area contributed by atoms with E-state index in [2.05, 4.69) is 83.7 Å². The molecule has 0 saturated heterocycles. The molecule has 0 spiro atoms. The summed E-state index contributed by atoms with van der Waals surface area (Å²) >= 11 is 3.48. The fraction of sp³-hybridized carbons (Fsp3) is 0.207. The Morgan fingerprint density at radius 3 is 2.54 bits per heavy atom. The van der Waals surface area contributed by atoms with Crippen molar-refractivity contribution in [3.63, 3.8) is 0 Å². The molecule has 0 N–H and O–H groups in total. The molecule has 0 amide bonds. The Labute approximate surface area is 212 Å². The SMILES string of the molecule is CC[C@H](C)c1nc2ccc(Br)cc2c(=O)n1N=Cc1c(C)n(Cc2ccccc2)c2ccccc12. The molecule has 0 bridgehead atoms. The van der Waals surface area contributed by atoms with E-state index in [9.17, 15) is 4.79 Å². The fourth-order valence-corrected chi connectivity index (χ4v) is 4.85. The van der Waals surface area contributed by atoms with E-state index in [0.717, 1.165) is 39.6 Å². The van der Waals surface area contributed by atoms with Crippen molar-refractivity contribution in [1.82, 2.24) is 14.2 Å². The van der Waals surface area contributed by atoms with Crippen LogP contribution in [0.5, 0.6) is 0 Å². The summed E-state index contributed by atoms with van der Waals surface area (Å²) in [5.74, 6) is 0.766. The van der Waals surface area contributed by atoms with Gasteiger partial charge in [0.05, 0.1) is 17.1 Å². The third-order valence-corrected chi connectivity index (χ3v) is 7.15. The highest BCUT2D eigenvalue weighted by Crippen LogP contribution is 2.26. The van der Waals surface area contributed by atoms with Gasteiger partial charge in [0.15, 0.2) is 0 Å². The molecule has 2 aromatic heterocycles. The van der Waals surface area contributed by atoms with Gasteiger partial charge in [-0.25, -0.2) is 4.98 Å². The Kier molecular flexibility index (Phi) is 6.39. The summed E-state index contributed by atoms with van der Waals surface area (Å²) < 4.78 is 4.63. The van der Waals surface area contributed by atoms with E-state index < -0.39 is 0 Å². The molecule has 176 valence electrons. The molecule has 1 atom stereocenters. The lowest BCUT2D eigenvalue weighted by Gasteiger charge is -2.14. The Morgan fingerprint density at radius 2 is 1.77 bits per heavy atom. The zero-order chi connectivity index (χ0) is 24.5. The second-order valence-corrected chi connectivity index (χ2v) is 9.81. The number of nitrogens with zero attached hydrogens (tertiary/aromatic N) is 4. The predicted molar refractivity (Wildman–Crippen MR) is 148 cm³/mol. The number of hydrogen-bond donors (Lipinski definition) is 0. The van der Waals surface area contributed by atoms with Crippen LogP contribution < -0.4 is 5.56 Å². The average Bonchev–Trinajstić information content (AvgIpc) is 3.14. The average molecular weight is 527 g/mol. The summed E-state index contributed by atoms with van der Waals surface area (Å²) in [4.78, 5) is 18.4. The van der Waals surface area contributed by atoms with E-state index in [-0.39, 0.29) is 11.5 Å². The van der Waals surface area contributed by atoms with Gasteiger partial charge in [-0.05, 0) is 43.2 Å².